The largest absolute Gasteiger partial charge is 0.354 e. The van der Waals surface area contributed by atoms with Crippen molar-refractivity contribution < 1.29 is 14.0 Å². The third-order valence-corrected chi connectivity index (χ3v) is 6.86. The van der Waals surface area contributed by atoms with Gasteiger partial charge in [-0.3, -0.25) is 14.0 Å². The molecule has 0 saturated heterocycles. The molecule has 1 aliphatic carbocycles. The summed E-state index contributed by atoms with van der Waals surface area (Å²) in [6.07, 6.45) is 6.75. The lowest BCUT2D eigenvalue weighted by molar-refractivity contribution is -0.117. The van der Waals surface area contributed by atoms with Gasteiger partial charge in [-0.15, -0.1) is 0 Å². The Morgan fingerprint density at radius 2 is 1.74 bits per heavy atom. The monoisotopic (exact) mass is 522 g/mol. The van der Waals surface area contributed by atoms with E-state index in [4.69, 9.17) is 4.98 Å². The highest BCUT2D eigenvalue weighted by Gasteiger charge is 2.25. The highest BCUT2D eigenvalue weighted by atomic mass is 19.1. The van der Waals surface area contributed by atoms with Crippen molar-refractivity contribution in [1.29, 1.82) is 0 Å². The van der Waals surface area contributed by atoms with Crippen LogP contribution in [0, 0.1) is 11.7 Å². The second kappa shape index (κ2) is 11.1. The zero-order chi connectivity index (χ0) is 27.5. The van der Waals surface area contributed by atoms with Crippen LogP contribution in [0.1, 0.15) is 47.8 Å². The van der Waals surface area contributed by atoms with E-state index in [-0.39, 0.29) is 23.5 Å². The number of carbonyl (C=O) groups is 2. The Labute approximate surface area is 227 Å². The van der Waals surface area contributed by atoms with Crippen LogP contribution < -0.4 is 10.6 Å². The average molecular weight is 523 g/mol. The minimum atomic E-state index is -0.355. The van der Waals surface area contributed by atoms with E-state index in [2.05, 4.69) is 30.6 Å². The van der Waals surface area contributed by atoms with E-state index < -0.39 is 0 Å². The summed E-state index contributed by atoms with van der Waals surface area (Å²) in [5.41, 5.74) is 5.61. The fourth-order valence-electron chi connectivity index (χ4n) is 4.85. The summed E-state index contributed by atoms with van der Waals surface area (Å²) in [5, 5.41) is 5.77. The Morgan fingerprint density at radius 1 is 1.00 bits per heavy atom. The molecule has 2 aromatic heterocycles. The number of halogens is 1. The van der Waals surface area contributed by atoms with Crippen LogP contribution in [0.5, 0.6) is 0 Å². The van der Waals surface area contributed by atoms with E-state index in [1.165, 1.54) is 12.1 Å². The van der Waals surface area contributed by atoms with E-state index in [1.807, 2.05) is 54.7 Å². The standard InChI is InChI=1S/C32H31FN4O2/c1-20(2)18-35-31(38)27-17-23(11-15-26(27)21-7-5-4-6-8-21)24-12-16-28-36-29(22-9-13-25(33)14-10-22)30(32(39)34-3)37(28)19-24/h4-10,12-17,19-20,23H,11,18H2,1-3H3,(H,34,39)(H,35,38). The first-order valence-corrected chi connectivity index (χ1v) is 13.1. The molecule has 4 aromatic rings. The topological polar surface area (TPSA) is 75.5 Å². The third-order valence-electron chi connectivity index (χ3n) is 6.86. The van der Waals surface area contributed by atoms with Crippen molar-refractivity contribution in [2.24, 2.45) is 5.92 Å². The van der Waals surface area contributed by atoms with E-state index in [9.17, 15) is 14.0 Å². The van der Waals surface area contributed by atoms with Crippen molar-refractivity contribution in [3.8, 4) is 11.3 Å². The Bertz CT molecular complexity index is 1580. The number of aromatic nitrogens is 2. The molecule has 2 aromatic carbocycles. The smallest absolute Gasteiger partial charge is 0.270 e. The lowest BCUT2D eigenvalue weighted by atomic mass is 9.83. The first-order chi connectivity index (χ1) is 18.9. The van der Waals surface area contributed by atoms with Gasteiger partial charge < -0.3 is 10.6 Å². The summed E-state index contributed by atoms with van der Waals surface area (Å²) in [5.74, 6) is -0.488. The number of nitrogens with zero attached hydrogens (tertiary/aromatic N) is 2. The number of pyridine rings is 1. The van der Waals surface area contributed by atoms with Crippen LogP contribution in [0.25, 0.3) is 22.5 Å². The summed E-state index contributed by atoms with van der Waals surface area (Å²) in [6.45, 7) is 4.72. The number of hydrogen-bond acceptors (Lipinski definition) is 3. The van der Waals surface area contributed by atoms with E-state index in [1.54, 1.807) is 23.6 Å². The highest BCUT2D eigenvalue weighted by Crippen LogP contribution is 2.36. The zero-order valence-corrected chi connectivity index (χ0v) is 22.2. The molecule has 2 N–H and O–H groups in total. The molecular formula is C32H31FN4O2. The van der Waals surface area contributed by atoms with Crippen LogP contribution in [0.4, 0.5) is 4.39 Å². The first-order valence-electron chi connectivity index (χ1n) is 13.1. The Hall–Kier alpha value is -4.52. The highest BCUT2D eigenvalue weighted by molar-refractivity contribution is 6.09. The molecule has 1 atom stereocenters. The number of rotatable bonds is 7. The van der Waals surface area contributed by atoms with Gasteiger partial charge in [0.2, 0.25) is 0 Å². The number of hydrogen-bond donors (Lipinski definition) is 2. The minimum absolute atomic E-state index is 0.0733. The molecule has 0 radical (unpaired) electrons. The SMILES string of the molecule is CNC(=O)c1c(-c2ccc(F)cc2)nc2ccc(C3C=C(C(=O)NCC(C)C)C(c4ccccc4)=CC3)cn12. The molecule has 0 saturated carbocycles. The molecule has 2 heterocycles. The van der Waals surface area contributed by atoms with Gasteiger partial charge in [0.1, 0.15) is 22.9 Å². The molecule has 2 amide bonds. The molecule has 6 nitrogen and oxygen atoms in total. The molecule has 0 bridgehead atoms. The number of amides is 2. The van der Waals surface area contributed by atoms with Crippen LogP contribution >= 0.6 is 0 Å². The summed E-state index contributed by atoms with van der Waals surface area (Å²) in [7, 11) is 1.57. The van der Waals surface area contributed by atoms with Crippen LogP contribution in [-0.4, -0.2) is 34.8 Å². The molecule has 39 heavy (non-hydrogen) atoms. The molecular weight excluding hydrogens is 491 g/mol. The van der Waals surface area contributed by atoms with Crippen LogP contribution in [0.15, 0.2) is 90.7 Å². The quantitative estimate of drug-likeness (QED) is 0.324. The molecule has 0 aliphatic heterocycles. The number of fused-ring (bicyclic) bond motifs is 1. The lowest BCUT2D eigenvalue weighted by Crippen LogP contribution is -2.30. The molecule has 5 rings (SSSR count). The second-order valence-corrected chi connectivity index (χ2v) is 10.1. The van der Waals surface area contributed by atoms with Crippen molar-refractivity contribution in [3.05, 3.63) is 113 Å². The second-order valence-electron chi connectivity index (χ2n) is 10.1. The summed E-state index contributed by atoms with van der Waals surface area (Å²) >= 11 is 0. The normalized spacial score (nSPS) is 15.2. The molecule has 198 valence electrons. The molecule has 7 heteroatoms. The fraction of sp³-hybridized carbons (Fsp3) is 0.219. The maximum atomic E-state index is 13.6. The van der Waals surface area contributed by atoms with E-state index >= 15 is 0 Å². The van der Waals surface area contributed by atoms with Crippen molar-refractivity contribution in [2.45, 2.75) is 26.2 Å². The maximum Gasteiger partial charge on any atom is 0.270 e. The Balaban J connectivity index is 1.57. The maximum absolute atomic E-state index is 13.6. The van der Waals surface area contributed by atoms with Crippen molar-refractivity contribution in [1.82, 2.24) is 20.0 Å². The van der Waals surface area contributed by atoms with E-state index in [0.717, 1.165) is 16.7 Å². The van der Waals surface area contributed by atoms with Gasteiger partial charge in [-0.25, -0.2) is 9.37 Å². The van der Waals surface area contributed by atoms with E-state index in [0.29, 0.717) is 47.1 Å². The number of carbonyl (C=O) groups excluding carboxylic acids is 2. The van der Waals surface area contributed by atoms with Crippen LogP contribution in [-0.2, 0) is 4.79 Å². The summed E-state index contributed by atoms with van der Waals surface area (Å²) in [4.78, 5) is 31.0. The van der Waals surface area contributed by atoms with Gasteiger partial charge in [-0.1, -0.05) is 62.4 Å². The van der Waals surface area contributed by atoms with Crippen molar-refractivity contribution in [2.75, 3.05) is 13.6 Å². The predicted octanol–water partition coefficient (Wildman–Crippen LogP) is 5.77. The minimum Gasteiger partial charge on any atom is -0.354 e. The number of benzene rings is 2. The number of allylic oxidation sites excluding steroid dienone is 2. The molecule has 1 unspecified atom stereocenters. The van der Waals surface area contributed by atoms with Gasteiger partial charge in [0.25, 0.3) is 11.8 Å². The first kappa shape index (κ1) is 26.1. The Kier molecular flexibility index (Phi) is 7.41. The molecule has 1 aliphatic rings. The fourth-order valence-corrected chi connectivity index (χ4v) is 4.85. The van der Waals surface area contributed by atoms with Gasteiger partial charge in [-0.2, -0.15) is 0 Å². The average Bonchev–Trinajstić information content (AvgIpc) is 3.34. The van der Waals surface area contributed by atoms with Crippen molar-refractivity contribution >= 4 is 23.0 Å². The predicted molar refractivity (Wildman–Crippen MR) is 152 cm³/mol. The molecule has 0 fully saturated rings. The zero-order valence-electron chi connectivity index (χ0n) is 22.2. The van der Waals surface area contributed by atoms with Gasteiger partial charge in [0.15, 0.2) is 0 Å². The number of nitrogens with one attached hydrogen (secondary N) is 2. The van der Waals surface area contributed by atoms with Gasteiger partial charge in [-0.05, 0) is 59.4 Å². The summed E-state index contributed by atoms with van der Waals surface area (Å²) < 4.78 is 15.3. The van der Waals surface area contributed by atoms with Crippen LogP contribution in [0.3, 0.4) is 0 Å². The van der Waals surface area contributed by atoms with Crippen LogP contribution in [0.2, 0.25) is 0 Å². The number of imidazole rings is 1. The Morgan fingerprint density at radius 3 is 2.44 bits per heavy atom. The van der Waals surface area contributed by atoms with Gasteiger partial charge in [0, 0.05) is 36.8 Å². The van der Waals surface area contributed by atoms with Gasteiger partial charge in [0.05, 0.1) is 0 Å². The van der Waals surface area contributed by atoms with Crippen molar-refractivity contribution in [3.63, 3.8) is 0 Å². The summed E-state index contributed by atoms with van der Waals surface area (Å²) in [6, 6.07) is 19.7. The van der Waals surface area contributed by atoms with Gasteiger partial charge >= 0.3 is 0 Å². The lowest BCUT2D eigenvalue weighted by Gasteiger charge is -2.23. The molecule has 0 spiro atoms. The third kappa shape index (κ3) is 5.39.